The smallest absolute Gasteiger partial charge is 0.361 e. The molecule has 1 fully saturated rings. The van der Waals surface area contributed by atoms with Gasteiger partial charge in [0.05, 0.1) is 0 Å². The molecule has 2 aliphatic rings. The van der Waals surface area contributed by atoms with E-state index in [0.717, 1.165) is 0 Å². The van der Waals surface area contributed by atoms with Crippen LogP contribution in [0.4, 0.5) is 10.1 Å². The topological polar surface area (TPSA) is 56.7 Å². The van der Waals surface area contributed by atoms with Crippen LogP contribution in [0.3, 0.4) is 0 Å². The van der Waals surface area contributed by atoms with Crippen LogP contribution in [0.25, 0.3) is 5.53 Å². The molecule has 0 saturated carbocycles. The standard InChI is InChI=1S/C14H10FN3O/c15-9-6-7-11-12(8-9)18(14(19)13(11)17-16)10-4-2-1-3-5-10/h1-6,8,11H,7H2. The van der Waals surface area contributed by atoms with Crippen molar-refractivity contribution in [1.82, 2.24) is 0 Å². The number of carbonyl (C=O) groups excluding carboxylic acids is 1. The Morgan fingerprint density at radius 2 is 2.05 bits per heavy atom. The highest BCUT2D eigenvalue weighted by molar-refractivity contribution is 6.46. The Morgan fingerprint density at radius 1 is 1.32 bits per heavy atom. The van der Waals surface area contributed by atoms with Crippen LogP contribution in [-0.4, -0.2) is 16.4 Å². The lowest BCUT2D eigenvalue weighted by Gasteiger charge is -2.19. The Labute approximate surface area is 109 Å². The number of amides is 1. The number of para-hydroxylation sites is 1. The van der Waals surface area contributed by atoms with Gasteiger partial charge in [-0.25, -0.2) is 4.39 Å². The van der Waals surface area contributed by atoms with Crippen LogP contribution in [0.15, 0.2) is 54.0 Å². The summed E-state index contributed by atoms with van der Waals surface area (Å²) >= 11 is 0. The number of carbonyl (C=O) groups is 1. The molecule has 94 valence electrons. The molecule has 0 radical (unpaired) electrons. The molecule has 0 bridgehead atoms. The van der Waals surface area contributed by atoms with E-state index in [1.54, 1.807) is 24.3 Å². The fourth-order valence-corrected chi connectivity index (χ4v) is 2.46. The molecule has 1 aliphatic heterocycles. The minimum absolute atomic E-state index is 0.0545. The summed E-state index contributed by atoms with van der Waals surface area (Å²) in [5.74, 6) is -1.16. The summed E-state index contributed by atoms with van der Waals surface area (Å²) < 4.78 is 13.4. The number of nitrogens with zero attached hydrogens (tertiary/aromatic N) is 3. The van der Waals surface area contributed by atoms with Gasteiger partial charge in [-0.3, -0.25) is 9.69 Å². The zero-order valence-electron chi connectivity index (χ0n) is 9.95. The molecule has 1 heterocycles. The summed E-state index contributed by atoms with van der Waals surface area (Å²) in [7, 11) is 0. The summed E-state index contributed by atoms with van der Waals surface area (Å²) in [5.41, 5.74) is 10.2. The van der Waals surface area contributed by atoms with Crippen molar-refractivity contribution < 1.29 is 14.0 Å². The fourth-order valence-electron chi connectivity index (χ4n) is 2.46. The first kappa shape index (κ1) is 11.6. The second-order valence-corrected chi connectivity index (χ2v) is 4.41. The van der Waals surface area contributed by atoms with E-state index >= 15 is 0 Å². The van der Waals surface area contributed by atoms with Gasteiger partial charge in [-0.15, -0.1) is 0 Å². The molecule has 1 aromatic carbocycles. The Kier molecular flexibility index (Phi) is 2.62. The quantitative estimate of drug-likeness (QED) is 0.561. The first-order valence-corrected chi connectivity index (χ1v) is 5.91. The Hall–Kier alpha value is -2.52. The molecule has 3 rings (SSSR count). The molecule has 1 amide bonds. The van der Waals surface area contributed by atoms with Crippen molar-refractivity contribution in [3.05, 3.63) is 59.5 Å². The van der Waals surface area contributed by atoms with E-state index in [2.05, 4.69) is 4.79 Å². The molecule has 1 saturated heterocycles. The Balaban J connectivity index is 2.15. The third kappa shape index (κ3) is 1.72. The normalized spacial score (nSPS) is 21.7. The van der Waals surface area contributed by atoms with Crippen molar-refractivity contribution in [2.45, 2.75) is 6.42 Å². The van der Waals surface area contributed by atoms with Crippen LogP contribution in [0.5, 0.6) is 0 Å². The number of hydrogen-bond donors (Lipinski definition) is 0. The molecular weight excluding hydrogens is 245 g/mol. The van der Waals surface area contributed by atoms with Crippen molar-refractivity contribution in [1.29, 1.82) is 0 Å². The lowest BCUT2D eigenvalue weighted by atomic mass is 9.95. The molecule has 19 heavy (non-hydrogen) atoms. The lowest BCUT2D eigenvalue weighted by molar-refractivity contribution is -0.115. The monoisotopic (exact) mass is 255 g/mol. The Morgan fingerprint density at radius 3 is 2.74 bits per heavy atom. The zero-order valence-corrected chi connectivity index (χ0v) is 9.95. The molecule has 1 aliphatic carbocycles. The van der Waals surface area contributed by atoms with Crippen molar-refractivity contribution >= 4 is 17.3 Å². The van der Waals surface area contributed by atoms with Crippen LogP contribution in [0, 0.1) is 5.92 Å². The highest BCUT2D eigenvalue weighted by Gasteiger charge is 2.49. The second-order valence-electron chi connectivity index (χ2n) is 4.41. The van der Waals surface area contributed by atoms with Gasteiger partial charge in [-0.2, -0.15) is 4.79 Å². The average molecular weight is 255 g/mol. The van der Waals surface area contributed by atoms with Gasteiger partial charge in [0.25, 0.3) is 0 Å². The van der Waals surface area contributed by atoms with Crippen molar-refractivity contribution in [3.8, 4) is 0 Å². The SMILES string of the molecule is [N-]=[N+]=C1C(=O)N(c2ccccc2)C2=CC(F)=CCC21. The van der Waals surface area contributed by atoms with E-state index in [0.29, 0.717) is 17.8 Å². The van der Waals surface area contributed by atoms with E-state index < -0.39 is 5.91 Å². The predicted molar refractivity (Wildman–Crippen MR) is 67.9 cm³/mol. The van der Waals surface area contributed by atoms with Gasteiger partial charge >= 0.3 is 11.6 Å². The highest BCUT2D eigenvalue weighted by atomic mass is 19.1. The molecule has 4 nitrogen and oxygen atoms in total. The van der Waals surface area contributed by atoms with Crippen molar-refractivity contribution in [3.63, 3.8) is 0 Å². The van der Waals surface area contributed by atoms with E-state index in [-0.39, 0.29) is 17.5 Å². The van der Waals surface area contributed by atoms with Crippen molar-refractivity contribution in [2.75, 3.05) is 4.90 Å². The third-order valence-corrected chi connectivity index (χ3v) is 3.32. The summed E-state index contributed by atoms with van der Waals surface area (Å²) in [6.07, 6.45) is 3.03. The first-order valence-electron chi connectivity index (χ1n) is 5.91. The predicted octanol–water partition coefficient (Wildman–Crippen LogP) is 2.46. The molecular formula is C14H10FN3O. The second kappa shape index (κ2) is 4.30. The average Bonchev–Trinajstić information content (AvgIpc) is 2.70. The van der Waals surface area contributed by atoms with Gasteiger partial charge in [0.2, 0.25) is 0 Å². The number of rotatable bonds is 1. The van der Waals surface area contributed by atoms with Gasteiger partial charge < -0.3 is 5.53 Å². The van der Waals surface area contributed by atoms with Crippen LogP contribution in [-0.2, 0) is 4.79 Å². The molecule has 0 spiro atoms. The molecule has 0 aromatic heterocycles. The van der Waals surface area contributed by atoms with E-state index in [1.807, 2.05) is 6.07 Å². The van der Waals surface area contributed by atoms with Crippen LogP contribution >= 0.6 is 0 Å². The van der Waals surface area contributed by atoms with Crippen LogP contribution < -0.4 is 4.90 Å². The van der Waals surface area contributed by atoms with E-state index in [9.17, 15) is 9.18 Å². The Bertz CT molecular complexity index is 657. The number of anilines is 1. The maximum atomic E-state index is 13.4. The van der Waals surface area contributed by atoms with Gasteiger partial charge in [0.15, 0.2) is 0 Å². The van der Waals surface area contributed by atoms with Crippen LogP contribution in [0.1, 0.15) is 6.42 Å². The van der Waals surface area contributed by atoms with Gasteiger partial charge in [-0.05, 0) is 30.7 Å². The van der Waals surface area contributed by atoms with E-state index in [4.69, 9.17) is 5.53 Å². The maximum absolute atomic E-state index is 13.4. The molecule has 1 aromatic rings. The lowest BCUT2D eigenvalue weighted by Crippen LogP contribution is -2.26. The minimum atomic E-state index is -0.409. The minimum Gasteiger partial charge on any atom is -0.361 e. The van der Waals surface area contributed by atoms with E-state index in [1.165, 1.54) is 17.1 Å². The van der Waals surface area contributed by atoms with Gasteiger partial charge in [0, 0.05) is 11.4 Å². The molecule has 1 atom stereocenters. The number of fused-ring (bicyclic) bond motifs is 1. The molecule has 5 heteroatoms. The number of benzene rings is 1. The highest BCUT2D eigenvalue weighted by Crippen LogP contribution is 2.37. The largest absolute Gasteiger partial charge is 0.365 e. The van der Waals surface area contributed by atoms with Gasteiger partial charge in [0.1, 0.15) is 11.7 Å². The molecule has 0 N–H and O–H groups in total. The summed E-state index contributed by atoms with van der Waals surface area (Å²) in [6.45, 7) is 0. The number of hydrogen-bond acceptors (Lipinski definition) is 1. The van der Waals surface area contributed by atoms with Gasteiger partial charge in [-0.1, -0.05) is 18.2 Å². The number of halogens is 1. The summed E-state index contributed by atoms with van der Waals surface area (Å²) in [6, 6.07) is 8.93. The van der Waals surface area contributed by atoms with Crippen molar-refractivity contribution in [2.24, 2.45) is 5.92 Å². The first-order chi connectivity index (χ1) is 9.22. The summed E-state index contributed by atoms with van der Waals surface area (Å²) in [4.78, 5) is 16.7. The number of allylic oxidation sites excluding steroid dienone is 4. The summed E-state index contributed by atoms with van der Waals surface area (Å²) in [5, 5.41) is 0. The fraction of sp³-hybridized carbons (Fsp3) is 0.143. The zero-order chi connectivity index (χ0) is 13.4. The molecule has 1 unspecified atom stereocenters. The van der Waals surface area contributed by atoms with Crippen LogP contribution in [0.2, 0.25) is 0 Å². The maximum Gasteiger partial charge on any atom is 0.365 e. The third-order valence-electron chi connectivity index (χ3n) is 3.32.